The maximum Gasteiger partial charge on any atom is 0.329 e. The number of benzene rings is 1. The molecule has 2 fully saturated rings. The van der Waals surface area contributed by atoms with Crippen LogP contribution in [0.15, 0.2) is 30.3 Å². The fraction of sp³-hybridized carbons (Fsp3) is 0.700. The predicted octanol–water partition coefficient (Wildman–Crippen LogP) is -1.80. The number of aldehydes is 2. The van der Waals surface area contributed by atoms with Crippen molar-refractivity contribution in [3.8, 4) is 0 Å². The maximum atomic E-state index is 14.5. The molecule has 1 saturated heterocycles. The van der Waals surface area contributed by atoms with Gasteiger partial charge in [0.2, 0.25) is 59.6 Å². The minimum absolute atomic E-state index is 0.171. The van der Waals surface area contributed by atoms with Gasteiger partial charge in [-0.2, -0.15) is 0 Å². The Hall–Kier alpha value is -7.08. The molecule has 27 nitrogen and oxygen atoms in total. The average Bonchev–Trinajstić information content (AvgIpc) is 2.03. The van der Waals surface area contributed by atoms with Crippen molar-refractivity contribution in [2.45, 2.75) is 205 Å². The third-order valence-electron chi connectivity index (χ3n) is 17.3. The molecule has 17 atom stereocenters. The van der Waals surface area contributed by atoms with Crippen molar-refractivity contribution < 1.29 is 81.3 Å². The number of esters is 1. The molecule has 1 aliphatic carbocycles. The largest absolute Gasteiger partial charge is 0.459 e. The molecule has 0 aromatic heterocycles. The Morgan fingerprint density at radius 1 is 0.730 bits per heavy atom. The molecule has 1 heterocycles. The summed E-state index contributed by atoms with van der Waals surface area (Å²) in [5.74, 6) is -12.3. The number of amides is 9. The predicted molar refractivity (Wildman–Crippen MR) is 321 cm³/mol. The van der Waals surface area contributed by atoms with Crippen molar-refractivity contribution in [3.63, 3.8) is 0 Å². The van der Waals surface area contributed by atoms with Crippen molar-refractivity contribution in [3.05, 3.63) is 35.9 Å². The zero-order chi connectivity index (χ0) is 67.1. The highest BCUT2D eigenvalue weighted by Crippen LogP contribution is 2.48. The number of aliphatic hydroxyl groups is 2. The van der Waals surface area contributed by atoms with Gasteiger partial charge in [-0.1, -0.05) is 111 Å². The van der Waals surface area contributed by atoms with Crippen LogP contribution in [0.2, 0.25) is 0 Å². The van der Waals surface area contributed by atoms with E-state index >= 15 is 0 Å². The lowest BCUT2D eigenvalue weighted by atomic mass is 9.93. The van der Waals surface area contributed by atoms with Gasteiger partial charge >= 0.3 is 5.97 Å². The monoisotopic (exact) mass is 1260 g/mol. The third kappa shape index (κ3) is 21.3. The van der Waals surface area contributed by atoms with Crippen LogP contribution in [-0.2, 0) is 68.7 Å². The van der Waals surface area contributed by atoms with Crippen LogP contribution in [0, 0.1) is 29.6 Å². The van der Waals surface area contributed by atoms with Gasteiger partial charge in [0, 0.05) is 25.9 Å². The lowest BCUT2D eigenvalue weighted by Gasteiger charge is -2.35. The smallest absolute Gasteiger partial charge is 0.329 e. The molecule has 500 valence electrons. The first-order chi connectivity index (χ1) is 41.9. The quantitative estimate of drug-likeness (QED) is 0.0260. The average molecular weight is 1260 g/mol. The van der Waals surface area contributed by atoms with Crippen LogP contribution in [0.4, 0.5) is 8.78 Å². The highest BCUT2D eigenvalue weighted by atomic mass is 19.3. The topological polar surface area (TPSA) is 413 Å². The van der Waals surface area contributed by atoms with E-state index in [0.29, 0.717) is 12.8 Å². The van der Waals surface area contributed by atoms with Crippen LogP contribution in [0.25, 0.3) is 0 Å². The van der Waals surface area contributed by atoms with Crippen molar-refractivity contribution in [1.82, 2.24) is 58.5 Å². The molecule has 2 aliphatic rings. The number of aliphatic hydroxyl groups excluding tert-OH is 2. The first-order valence-corrected chi connectivity index (χ1v) is 30.5. The molecule has 1 saturated carbocycles. The SMILES string of the molecule is CC[C@H](C)[C@H](NC(=O)[C@@H](Cc1ccccc1)NC)C(=O)N[C@](C=O)(CO)CN[C@H](CCC(N)=O)C(=O)N[C@@H](C(=O)N[C@H](C(=O)N[C@](C=O)(CO)CN[C@H]1C(=O)N[C@@H](C)C(=O)N[C@@]2(C[C@H]2CC(F)F)C(=O)N[C@@H]([C@@H](C)CC)C(=O)O[C@H]1C)[C@@H](C)CC)[C@@H](C)CC. The summed E-state index contributed by atoms with van der Waals surface area (Å²) in [4.78, 5) is 164. The Balaban J connectivity index is 1.90. The number of hydrogen-bond acceptors (Lipinski definition) is 18. The van der Waals surface area contributed by atoms with Gasteiger partial charge in [0.1, 0.15) is 71.5 Å². The second-order valence-electron chi connectivity index (χ2n) is 24.0. The molecule has 9 amide bonds. The molecule has 1 aromatic rings. The zero-order valence-electron chi connectivity index (χ0n) is 52.9. The number of hydrogen-bond donors (Lipinski definition) is 14. The van der Waals surface area contributed by atoms with E-state index < -0.39 is 205 Å². The number of primary amides is 1. The number of nitrogens with one attached hydrogen (secondary N) is 11. The van der Waals surface area contributed by atoms with E-state index in [1.54, 1.807) is 62.4 Å². The van der Waals surface area contributed by atoms with Crippen molar-refractivity contribution >= 4 is 71.7 Å². The lowest BCUT2D eigenvalue weighted by molar-refractivity contribution is -0.156. The van der Waals surface area contributed by atoms with Crippen LogP contribution >= 0.6 is 0 Å². The van der Waals surface area contributed by atoms with E-state index in [9.17, 15) is 76.5 Å². The summed E-state index contributed by atoms with van der Waals surface area (Å²) in [6.07, 6.45) is -3.94. The number of likely N-dealkylation sites (N-methyl/N-ethyl adjacent to an activating group) is 1. The molecule has 1 spiro atoms. The van der Waals surface area contributed by atoms with Crippen LogP contribution < -0.4 is 64.2 Å². The summed E-state index contributed by atoms with van der Waals surface area (Å²) in [5.41, 5.74) is 0.141. The van der Waals surface area contributed by atoms with Crippen LogP contribution in [0.5, 0.6) is 0 Å². The highest BCUT2D eigenvalue weighted by molar-refractivity contribution is 6.00. The molecule has 3 rings (SSSR count). The molecule has 0 unspecified atom stereocenters. The van der Waals surface area contributed by atoms with Gasteiger partial charge in [-0.05, 0) is 75.3 Å². The number of rotatable bonds is 36. The second kappa shape index (κ2) is 35.3. The van der Waals surface area contributed by atoms with E-state index in [-0.39, 0.29) is 44.7 Å². The fourth-order valence-electron chi connectivity index (χ4n) is 10.1. The number of halogens is 2. The lowest BCUT2D eigenvalue weighted by Crippen LogP contribution is -2.67. The number of carbonyl (C=O) groups excluding carboxylic acids is 12. The second-order valence-corrected chi connectivity index (χ2v) is 24.0. The molecular formula is C60H96F2N12O15. The van der Waals surface area contributed by atoms with Crippen molar-refractivity contribution in [2.75, 3.05) is 33.4 Å². The van der Waals surface area contributed by atoms with Crippen LogP contribution in [-0.4, -0.2) is 193 Å². The standard InChI is InChI=1S/C60H96F2N12O15/c1-12-32(5)44(68-50(81)40(21-22-43(63)79)65-26-58(28-75,29-76)72-54(85)45(33(6)13-2)69-51(82)41(64-11)23-38-19-17-16-18-20-38)52(83)70-46(34(7)14-3)55(86)73-59(30-77,31-78)27-66-48-37(10)89-56(87)47(35(8)15-4)71-57(88)60(25-39(60)24-42(61)62)74-49(80)36(9)67-53(48)84/h16-20,28,30,32-37,39-42,44-48,64-66,76,78H,12-15,21-27,29,31H2,1-11H3,(H2,63,79)(H,67,84)(H,68,81)(H,69,82)(H,70,83)(H,71,88)(H,72,85)(H,73,86)(H,74,80)/t32-,33-,34-,35-,36-,37-,39+,40+,41+,44+,45-,46-,47-,48+,58+,59+,60+/m0/s1. The fourth-order valence-corrected chi connectivity index (χ4v) is 10.1. The molecule has 0 radical (unpaired) electrons. The molecule has 29 heteroatoms. The molecule has 0 bridgehead atoms. The molecule has 1 aromatic carbocycles. The summed E-state index contributed by atoms with van der Waals surface area (Å²) >= 11 is 0. The van der Waals surface area contributed by atoms with Gasteiger partial charge in [-0.25, -0.2) is 13.6 Å². The minimum Gasteiger partial charge on any atom is -0.459 e. The Kier molecular flexibility index (Phi) is 30.3. The normalized spacial score (nSPS) is 24.1. The number of alkyl halides is 2. The van der Waals surface area contributed by atoms with Crippen molar-refractivity contribution in [1.29, 1.82) is 0 Å². The Morgan fingerprint density at radius 3 is 1.71 bits per heavy atom. The Labute approximate surface area is 518 Å². The van der Waals surface area contributed by atoms with Gasteiger partial charge in [0.05, 0.1) is 25.3 Å². The van der Waals surface area contributed by atoms with E-state index in [1.165, 1.54) is 13.8 Å². The number of nitrogens with two attached hydrogens (primary N) is 1. The zero-order valence-corrected chi connectivity index (χ0v) is 52.9. The van der Waals surface area contributed by atoms with Gasteiger partial charge < -0.3 is 83.4 Å². The molecule has 15 N–H and O–H groups in total. The van der Waals surface area contributed by atoms with Crippen LogP contribution in [0.1, 0.15) is 126 Å². The third-order valence-corrected chi connectivity index (χ3v) is 17.3. The van der Waals surface area contributed by atoms with Crippen molar-refractivity contribution in [2.24, 2.45) is 35.3 Å². The van der Waals surface area contributed by atoms with Gasteiger partial charge in [-0.15, -0.1) is 0 Å². The Bertz CT molecular complexity index is 2610. The summed E-state index contributed by atoms with van der Waals surface area (Å²) in [7, 11) is 1.59. The molecular weight excluding hydrogens is 1170 g/mol. The molecule has 1 aliphatic heterocycles. The van der Waals surface area contributed by atoms with E-state index in [0.717, 1.165) is 5.56 Å². The number of carbonyl (C=O) groups is 12. The Morgan fingerprint density at radius 2 is 1.24 bits per heavy atom. The number of cyclic esters (lactones) is 1. The van der Waals surface area contributed by atoms with Gasteiger partial charge in [0.15, 0.2) is 0 Å². The van der Waals surface area contributed by atoms with E-state index in [1.807, 2.05) is 30.3 Å². The maximum absolute atomic E-state index is 14.5. The van der Waals surface area contributed by atoms with Gasteiger partial charge in [-0.3, -0.25) is 48.5 Å². The summed E-state index contributed by atoms with van der Waals surface area (Å²) in [6, 6.07) is -1.56. The first kappa shape index (κ1) is 76.2. The van der Waals surface area contributed by atoms with E-state index in [2.05, 4.69) is 58.5 Å². The number of ether oxygens (including phenoxy) is 1. The molecule has 89 heavy (non-hydrogen) atoms. The summed E-state index contributed by atoms with van der Waals surface area (Å²) in [5, 5.41) is 50.7. The minimum atomic E-state index is -2.82. The highest BCUT2D eigenvalue weighted by Gasteiger charge is 2.62. The van der Waals surface area contributed by atoms with Gasteiger partial charge in [0.25, 0.3) is 0 Å². The van der Waals surface area contributed by atoms with Crippen LogP contribution in [0.3, 0.4) is 0 Å². The summed E-state index contributed by atoms with van der Waals surface area (Å²) < 4.78 is 32.9. The first-order valence-electron chi connectivity index (χ1n) is 30.5. The van der Waals surface area contributed by atoms with E-state index in [4.69, 9.17) is 10.5 Å². The summed E-state index contributed by atoms with van der Waals surface area (Å²) in [6.45, 7) is 12.5.